The number of aromatic hydroxyl groups is 1. The molecule has 0 bridgehead atoms. The third kappa shape index (κ3) is 2.61. The molecule has 1 aromatic rings. The molecule has 1 unspecified atom stereocenters. The van der Waals surface area contributed by atoms with Gasteiger partial charge < -0.3 is 14.7 Å². The summed E-state index contributed by atoms with van der Waals surface area (Å²) in [5.74, 6) is -1.08. The van der Waals surface area contributed by atoms with E-state index in [9.17, 15) is 14.3 Å². The second-order valence-electron chi connectivity index (χ2n) is 4.41. The number of likely N-dealkylation sites (tertiary alicyclic amines) is 1. The van der Waals surface area contributed by atoms with Gasteiger partial charge in [-0.1, -0.05) is 0 Å². The first-order valence-electron chi connectivity index (χ1n) is 5.92. The summed E-state index contributed by atoms with van der Waals surface area (Å²) in [4.78, 5) is 13.8. The number of carbonyl (C=O) groups is 1. The average Bonchev–Trinajstić information content (AvgIpc) is 2.41. The van der Waals surface area contributed by atoms with E-state index >= 15 is 0 Å². The number of piperidine rings is 1. The predicted molar refractivity (Wildman–Crippen MR) is 64.0 cm³/mol. The zero-order valence-electron chi connectivity index (χ0n) is 10.2. The fourth-order valence-corrected chi connectivity index (χ4v) is 2.16. The molecule has 2 rings (SSSR count). The van der Waals surface area contributed by atoms with Gasteiger partial charge in [-0.2, -0.15) is 0 Å². The van der Waals surface area contributed by atoms with Gasteiger partial charge in [-0.15, -0.1) is 0 Å². The lowest BCUT2D eigenvalue weighted by Crippen LogP contribution is -2.42. The van der Waals surface area contributed by atoms with Crippen molar-refractivity contribution in [3.8, 4) is 5.75 Å². The molecule has 0 aliphatic carbocycles. The Bertz CT molecular complexity index is 450. The van der Waals surface area contributed by atoms with Crippen LogP contribution in [0.5, 0.6) is 5.75 Å². The Balaban J connectivity index is 2.17. The van der Waals surface area contributed by atoms with Crippen molar-refractivity contribution in [1.29, 1.82) is 0 Å². The van der Waals surface area contributed by atoms with Crippen molar-refractivity contribution < 1.29 is 19.0 Å². The Labute approximate surface area is 105 Å². The molecule has 0 spiro atoms. The molecule has 1 N–H and O–H groups in total. The lowest BCUT2D eigenvalue weighted by molar-refractivity contribution is 0.0267. The highest BCUT2D eigenvalue weighted by molar-refractivity contribution is 5.96. The third-order valence-electron chi connectivity index (χ3n) is 3.19. The number of rotatable bonds is 2. The van der Waals surface area contributed by atoms with E-state index in [1.807, 2.05) is 0 Å². The SMILES string of the molecule is COC1CCCN(C(=O)c2cc(F)ccc2O)C1. The molecule has 5 heteroatoms. The Morgan fingerprint density at radius 2 is 2.33 bits per heavy atom. The zero-order valence-corrected chi connectivity index (χ0v) is 10.2. The first kappa shape index (κ1) is 12.8. The lowest BCUT2D eigenvalue weighted by atomic mass is 10.1. The van der Waals surface area contributed by atoms with Gasteiger partial charge >= 0.3 is 0 Å². The van der Waals surface area contributed by atoms with Crippen LogP contribution in [0.25, 0.3) is 0 Å². The Morgan fingerprint density at radius 1 is 1.56 bits per heavy atom. The van der Waals surface area contributed by atoms with E-state index in [-0.39, 0.29) is 23.3 Å². The van der Waals surface area contributed by atoms with E-state index in [1.165, 1.54) is 6.07 Å². The molecule has 1 aliphatic heterocycles. The number of hydrogen-bond donors (Lipinski definition) is 1. The first-order valence-corrected chi connectivity index (χ1v) is 5.92. The van der Waals surface area contributed by atoms with Crippen LogP contribution in [0.15, 0.2) is 18.2 Å². The van der Waals surface area contributed by atoms with Crippen LogP contribution in [-0.2, 0) is 4.74 Å². The van der Waals surface area contributed by atoms with Gasteiger partial charge in [0.15, 0.2) is 0 Å². The van der Waals surface area contributed by atoms with Gasteiger partial charge in [0, 0.05) is 20.2 Å². The average molecular weight is 253 g/mol. The molecule has 1 amide bonds. The van der Waals surface area contributed by atoms with Gasteiger partial charge in [-0.25, -0.2) is 4.39 Å². The van der Waals surface area contributed by atoms with Crippen molar-refractivity contribution in [1.82, 2.24) is 4.90 Å². The van der Waals surface area contributed by atoms with Crippen LogP contribution in [0.3, 0.4) is 0 Å². The van der Waals surface area contributed by atoms with Crippen LogP contribution in [0.4, 0.5) is 4.39 Å². The predicted octanol–water partition coefficient (Wildman–Crippen LogP) is 1.78. The van der Waals surface area contributed by atoms with Gasteiger partial charge in [0.2, 0.25) is 0 Å². The van der Waals surface area contributed by atoms with Crippen LogP contribution >= 0.6 is 0 Å². The highest BCUT2D eigenvalue weighted by atomic mass is 19.1. The maximum atomic E-state index is 13.1. The van der Waals surface area contributed by atoms with Crippen molar-refractivity contribution in [3.63, 3.8) is 0 Å². The third-order valence-corrected chi connectivity index (χ3v) is 3.19. The van der Waals surface area contributed by atoms with E-state index in [0.717, 1.165) is 25.0 Å². The number of ether oxygens (including phenoxy) is 1. The molecule has 1 aromatic carbocycles. The zero-order chi connectivity index (χ0) is 13.1. The summed E-state index contributed by atoms with van der Waals surface area (Å²) in [7, 11) is 1.61. The van der Waals surface area contributed by atoms with E-state index in [0.29, 0.717) is 13.1 Å². The summed E-state index contributed by atoms with van der Waals surface area (Å²) >= 11 is 0. The normalized spacial score (nSPS) is 19.9. The highest BCUT2D eigenvalue weighted by Gasteiger charge is 2.26. The summed E-state index contributed by atoms with van der Waals surface area (Å²) in [6, 6.07) is 3.38. The standard InChI is InChI=1S/C13H16FNO3/c1-18-10-3-2-6-15(8-10)13(17)11-7-9(14)4-5-12(11)16/h4-5,7,10,16H,2-3,6,8H2,1H3. The van der Waals surface area contributed by atoms with Crippen LogP contribution in [0, 0.1) is 5.82 Å². The summed E-state index contributed by atoms with van der Waals surface area (Å²) in [5.41, 5.74) is 0.00625. The molecule has 0 radical (unpaired) electrons. The summed E-state index contributed by atoms with van der Waals surface area (Å²) < 4.78 is 18.3. The quantitative estimate of drug-likeness (QED) is 0.874. The van der Waals surface area contributed by atoms with Crippen LogP contribution in [-0.4, -0.2) is 42.2 Å². The highest BCUT2D eigenvalue weighted by Crippen LogP contribution is 2.22. The number of halogens is 1. The smallest absolute Gasteiger partial charge is 0.257 e. The van der Waals surface area contributed by atoms with Crippen molar-refractivity contribution in [2.24, 2.45) is 0 Å². The van der Waals surface area contributed by atoms with Crippen LogP contribution in [0.2, 0.25) is 0 Å². The van der Waals surface area contributed by atoms with Gasteiger partial charge in [0.05, 0.1) is 11.7 Å². The number of phenolic OH excluding ortho intramolecular Hbond substituents is 1. The van der Waals surface area contributed by atoms with Gasteiger partial charge in [-0.05, 0) is 31.0 Å². The maximum Gasteiger partial charge on any atom is 0.257 e. The van der Waals surface area contributed by atoms with Crippen molar-refractivity contribution >= 4 is 5.91 Å². The summed E-state index contributed by atoms with van der Waals surface area (Å²) in [5, 5.41) is 9.61. The summed E-state index contributed by atoms with van der Waals surface area (Å²) in [6.45, 7) is 1.08. The van der Waals surface area contributed by atoms with Crippen molar-refractivity contribution in [2.75, 3.05) is 20.2 Å². The van der Waals surface area contributed by atoms with Crippen molar-refractivity contribution in [2.45, 2.75) is 18.9 Å². The van der Waals surface area contributed by atoms with E-state index < -0.39 is 5.82 Å². The number of nitrogens with zero attached hydrogens (tertiary/aromatic N) is 1. The minimum atomic E-state index is -0.531. The molecular formula is C13H16FNO3. The fourth-order valence-electron chi connectivity index (χ4n) is 2.16. The monoisotopic (exact) mass is 253 g/mol. The minimum absolute atomic E-state index is 0.00625. The number of amides is 1. The summed E-state index contributed by atoms with van der Waals surface area (Å²) in [6.07, 6.45) is 1.77. The minimum Gasteiger partial charge on any atom is -0.507 e. The number of phenols is 1. The number of methoxy groups -OCH3 is 1. The van der Waals surface area contributed by atoms with E-state index in [4.69, 9.17) is 4.74 Å². The second kappa shape index (κ2) is 5.35. The number of carbonyl (C=O) groups excluding carboxylic acids is 1. The van der Waals surface area contributed by atoms with E-state index in [1.54, 1.807) is 12.0 Å². The molecule has 18 heavy (non-hydrogen) atoms. The Hall–Kier alpha value is -1.62. The maximum absolute atomic E-state index is 13.1. The lowest BCUT2D eigenvalue weighted by Gasteiger charge is -2.32. The fraction of sp³-hybridized carbons (Fsp3) is 0.462. The second-order valence-corrected chi connectivity index (χ2v) is 4.41. The molecule has 1 fully saturated rings. The van der Waals surface area contributed by atoms with E-state index in [2.05, 4.69) is 0 Å². The van der Waals surface area contributed by atoms with Gasteiger partial charge in [0.1, 0.15) is 11.6 Å². The molecule has 1 saturated heterocycles. The van der Waals surface area contributed by atoms with Crippen LogP contribution in [0.1, 0.15) is 23.2 Å². The number of hydrogen-bond acceptors (Lipinski definition) is 3. The van der Waals surface area contributed by atoms with Gasteiger partial charge in [0.25, 0.3) is 5.91 Å². The first-order chi connectivity index (χ1) is 8.61. The molecule has 4 nitrogen and oxygen atoms in total. The van der Waals surface area contributed by atoms with Gasteiger partial charge in [-0.3, -0.25) is 4.79 Å². The molecule has 1 atom stereocenters. The number of benzene rings is 1. The van der Waals surface area contributed by atoms with Crippen molar-refractivity contribution in [3.05, 3.63) is 29.6 Å². The molecular weight excluding hydrogens is 237 g/mol. The van der Waals surface area contributed by atoms with Crippen LogP contribution < -0.4 is 0 Å². The molecule has 0 saturated carbocycles. The Kier molecular flexibility index (Phi) is 3.81. The topological polar surface area (TPSA) is 49.8 Å². The molecule has 1 heterocycles. The Morgan fingerprint density at radius 3 is 3.06 bits per heavy atom. The largest absolute Gasteiger partial charge is 0.507 e. The molecule has 98 valence electrons. The molecule has 0 aromatic heterocycles. The molecule has 1 aliphatic rings.